The molecule has 120 valence electrons. The molecule has 1 aliphatic rings. The number of thiocarbonyl (C=S) groups is 1. The Morgan fingerprint density at radius 2 is 1.96 bits per heavy atom. The molecule has 3 heteroatoms. The van der Waals surface area contributed by atoms with Gasteiger partial charge in [-0.2, -0.15) is 0 Å². The molecule has 0 unspecified atom stereocenters. The van der Waals surface area contributed by atoms with Gasteiger partial charge >= 0.3 is 0 Å². The lowest BCUT2D eigenvalue weighted by atomic mass is 9.87. The maximum Gasteiger partial charge on any atom is 0.173 e. The minimum atomic E-state index is 0.366. The molecule has 3 rings (SSSR count). The lowest BCUT2D eigenvalue weighted by Crippen LogP contribution is -2.36. The van der Waals surface area contributed by atoms with Crippen molar-refractivity contribution in [3.8, 4) is 0 Å². The quantitative estimate of drug-likeness (QED) is 0.782. The number of aryl methyl sites for hydroxylation is 3. The predicted molar refractivity (Wildman–Crippen MR) is 102 cm³/mol. The Balaban J connectivity index is 1.79. The van der Waals surface area contributed by atoms with Crippen LogP contribution in [0.25, 0.3) is 0 Å². The van der Waals surface area contributed by atoms with Crippen LogP contribution in [-0.4, -0.2) is 17.1 Å². The van der Waals surface area contributed by atoms with Gasteiger partial charge in [0.2, 0.25) is 0 Å². The van der Waals surface area contributed by atoms with E-state index in [4.69, 9.17) is 12.2 Å². The Hall–Kier alpha value is -1.87. The van der Waals surface area contributed by atoms with E-state index in [-0.39, 0.29) is 0 Å². The highest BCUT2D eigenvalue weighted by molar-refractivity contribution is 7.80. The van der Waals surface area contributed by atoms with E-state index in [9.17, 15) is 0 Å². The van der Waals surface area contributed by atoms with Gasteiger partial charge in [-0.15, -0.1) is 0 Å². The van der Waals surface area contributed by atoms with E-state index in [1.165, 1.54) is 35.1 Å². The first-order valence-corrected chi connectivity index (χ1v) is 8.66. The molecule has 1 N–H and O–H groups in total. The number of hydrogen-bond donors (Lipinski definition) is 1. The highest BCUT2D eigenvalue weighted by Gasteiger charge is 2.25. The van der Waals surface area contributed by atoms with Gasteiger partial charge in [0, 0.05) is 12.7 Å². The summed E-state index contributed by atoms with van der Waals surface area (Å²) in [6.45, 7) is 4.22. The first kappa shape index (κ1) is 16.0. The molecule has 0 fully saturated rings. The van der Waals surface area contributed by atoms with Crippen molar-refractivity contribution in [2.75, 3.05) is 12.4 Å². The number of benzene rings is 2. The summed E-state index contributed by atoms with van der Waals surface area (Å²) in [5.41, 5.74) is 6.45. The van der Waals surface area contributed by atoms with Crippen LogP contribution in [0.3, 0.4) is 0 Å². The van der Waals surface area contributed by atoms with E-state index in [2.05, 4.69) is 73.6 Å². The first-order valence-electron chi connectivity index (χ1n) is 8.25. The molecule has 1 aliphatic carbocycles. The largest absolute Gasteiger partial charge is 0.345 e. The zero-order chi connectivity index (χ0) is 16.4. The molecule has 0 aromatic heterocycles. The summed E-state index contributed by atoms with van der Waals surface area (Å²) >= 11 is 5.69. The van der Waals surface area contributed by atoms with Crippen molar-refractivity contribution in [1.29, 1.82) is 0 Å². The summed E-state index contributed by atoms with van der Waals surface area (Å²) in [6.07, 6.45) is 3.55. The van der Waals surface area contributed by atoms with Gasteiger partial charge in [0.1, 0.15) is 0 Å². The first-order chi connectivity index (χ1) is 11.1. The summed E-state index contributed by atoms with van der Waals surface area (Å²) in [4.78, 5) is 2.22. The fourth-order valence-electron chi connectivity index (χ4n) is 3.35. The number of anilines is 1. The zero-order valence-electron chi connectivity index (χ0n) is 14.1. The van der Waals surface area contributed by atoms with Gasteiger partial charge in [-0.1, -0.05) is 36.4 Å². The van der Waals surface area contributed by atoms with Gasteiger partial charge in [-0.05, 0) is 73.6 Å². The Labute approximate surface area is 144 Å². The number of nitrogens with zero attached hydrogens (tertiary/aromatic N) is 1. The fraction of sp³-hybridized carbons (Fsp3) is 0.350. The Kier molecular flexibility index (Phi) is 4.67. The van der Waals surface area contributed by atoms with E-state index < -0.39 is 0 Å². The van der Waals surface area contributed by atoms with Crippen molar-refractivity contribution in [3.63, 3.8) is 0 Å². The second-order valence-electron chi connectivity index (χ2n) is 6.47. The van der Waals surface area contributed by atoms with Gasteiger partial charge in [0.05, 0.1) is 6.04 Å². The van der Waals surface area contributed by atoms with Gasteiger partial charge in [-0.3, -0.25) is 0 Å². The van der Waals surface area contributed by atoms with Crippen LogP contribution in [0.4, 0.5) is 5.69 Å². The van der Waals surface area contributed by atoms with E-state index >= 15 is 0 Å². The summed E-state index contributed by atoms with van der Waals surface area (Å²) < 4.78 is 0. The van der Waals surface area contributed by atoms with Gasteiger partial charge in [0.25, 0.3) is 0 Å². The van der Waals surface area contributed by atoms with Crippen molar-refractivity contribution in [3.05, 3.63) is 64.7 Å². The molecule has 0 heterocycles. The number of nitrogens with one attached hydrogen (secondary N) is 1. The van der Waals surface area contributed by atoms with Gasteiger partial charge in [-0.25, -0.2) is 0 Å². The van der Waals surface area contributed by atoms with Crippen LogP contribution in [0.15, 0.2) is 42.5 Å². The average Bonchev–Trinajstić information content (AvgIpc) is 2.57. The number of fused-ring (bicyclic) bond motifs is 1. The van der Waals surface area contributed by atoms with Crippen molar-refractivity contribution in [2.45, 2.75) is 39.2 Å². The maximum absolute atomic E-state index is 5.69. The molecule has 0 spiro atoms. The minimum Gasteiger partial charge on any atom is -0.345 e. The van der Waals surface area contributed by atoms with Crippen LogP contribution in [0.5, 0.6) is 0 Å². The van der Waals surface area contributed by atoms with Gasteiger partial charge < -0.3 is 10.2 Å². The second-order valence-corrected chi connectivity index (χ2v) is 6.85. The molecular formula is C20H24N2S. The third kappa shape index (κ3) is 3.40. The summed E-state index contributed by atoms with van der Waals surface area (Å²) in [7, 11) is 2.10. The predicted octanol–water partition coefficient (Wildman–Crippen LogP) is 5.01. The summed E-state index contributed by atoms with van der Waals surface area (Å²) in [5, 5.41) is 4.23. The van der Waals surface area contributed by atoms with E-state index in [1.807, 2.05) is 0 Å². The summed E-state index contributed by atoms with van der Waals surface area (Å²) in [6, 6.07) is 15.5. The van der Waals surface area contributed by atoms with E-state index in [0.29, 0.717) is 6.04 Å². The lowest BCUT2D eigenvalue weighted by Gasteiger charge is -2.35. The van der Waals surface area contributed by atoms with Crippen molar-refractivity contribution < 1.29 is 0 Å². The molecule has 0 bridgehead atoms. The second kappa shape index (κ2) is 6.71. The van der Waals surface area contributed by atoms with Crippen LogP contribution in [0.1, 0.15) is 41.1 Å². The zero-order valence-corrected chi connectivity index (χ0v) is 14.9. The van der Waals surface area contributed by atoms with E-state index in [0.717, 1.165) is 17.2 Å². The van der Waals surface area contributed by atoms with Crippen LogP contribution >= 0.6 is 12.2 Å². The normalized spacial score (nSPS) is 16.6. The smallest absolute Gasteiger partial charge is 0.173 e. The molecule has 0 radical (unpaired) electrons. The van der Waals surface area contributed by atoms with Crippen molar-refractivity contribution in [1.82, 2.24) is 4.90 Å². The fourth-order valence-corrected chi connectivity index (χ4v) is 3.58. The third-order valence-corrected chi connectivity index (χ3v) is 5.15. The van der Waals surface area contributed by atoms with Crippen molar-refractivity contribution in [2.24, 2.45) is 0 Å². The molecule has 2 aromatic rings. The minimum absolute atomic E-state index is 0.366. The molecule has 0 saturated heterocycles. The Morgan fingerprint density at radius 3 is 2.78 bits per heavy atom. The maximum atomic E-state index is 5.69. The van der Waals surface area contributed by atoms with E-state index in [1.54, 1.807) is 0 Å². The standard InChI is InChI=1S/C20H24N2S/c1-14-11-12-15(2)18(13-14)21-20(23)22(3)19-10-6-8-16-7-4-5-9-17(16)19/h4-5,7,9,11-13,19H,6,8,10H2,1-3H3,(H,21,23)/t19-/m0/s1. The molecule has 2 aromatic carbocycles. The van der Waals surface area contributed by atoms with Crippen LogP contribution < -0.4 is 5.32 Å². The Bertz CT molecular complexity index is 723. The molecule has 0 amide bonds. The highest BCUT2D eigenvalue weighted by atomic mass is 32.1. The Morgan fingerprint density at radius 1 is 1.17 bits per heavy atom. The average molecular weight is 324 g/mol. The van der Waals surface area contributed by atoms with Crippen LogP contribution in [0.2, 0.25) is 0 Å². The van der Waals surface area contributed by atoms with Crippen LogP contribution in [0, 0.1) is 13.8 Å². The molecule has 23 heavy (non-hydrogen) atoms. The SMILES string of the molecule is Cc1ccc(C)c(NC(=S)N(C)[C@H]2CCCc3ccccc32)c1. The topological polar surface area (TPSA) is 15.3 Å². The van der Waals surface area contributed by atoms with Crippen LogP contribution in [-0.2, 0) is 6.42 Å². The third-order valence-electron chi connectivity index (χ3n) is 4.76. The molecule has 0 saturated carbocycles. The number of hydrogen-bond acceptors (Lipinski definition) is 1. The number of rotatable bonds is 2. The van der Waals surface area contributed by atoms with Gasteiger partial charge in [0.15, 0.2) is 5.11 Å². The highest BCUT2D eigenvalue weighted by Crippen LogP contribution is 2.33. The monoisotopic (exact) mass is 324 g/mol. The lowest BCUT2D eigenvalue weighted by molar-refractivity contribution is 0.336. The summed E-state index contributed by atoms with van der Waals surface area (Å²) in [5.74, 6) is 0. The molecular weight excluding hydrogens is 300 g/mol. The molecule has 2 nitrogen and oxygen atoms in total. The van der Waals surface area contributed by atoms with Crippen molar-refractivity contribution >= 4 is 23.0 Å². The molecule has 0 aliphatic heterocycles. The molecule has 1 atom stereocenters.